The van der Waals surface area contributed by atoms with Gasteiger partial charge in [-0.15, -0.1) is 0 Å². The highest BCUT2D eigenvalue weighted by Gasteiger charge is 2.26. The van der Waals surface area contributed by atoms with E-state index in [0.717, 1.165) is 25.3 Å². The van der Waals surface area contributed by atoms with E-state index in [1.165, 1.54) is 12.0 Å². The Morgan fingerprint density at radius 3 is 3.06 bits per heavy atom. The summed E-state index contributed by atoms with van der Waals surface area (Å²) in [6.45, 7) is 0.943. The Hall–Kier alpha value is -1.60. The first kappa shape index (κ1) is 10.5. The molecule has 3 heteroatoms. The second-order valence-corrected chi connectivity index (χ2v) is 4.84. The Kier molecular flexibility index (Phi) is 2.93. The molecule has 0 amide bonds. The molecule has 0 aromatic carbocycles. The van der Waals surface area contributed by atoms with Gasteiger partial charge in [-0.1, -0.05) is 18.2 Å². The van der Waals surface area contributed by atoms with Gasteiger partial charge in [0.15, 0.2) is 0 Å². The Morgan fingerprint density at radius 2 is 2.41 bits per heavy atom. The first-order chi connectivity index (χ1) is 8.43. The topological polar surface area (TPSA) is 36.8 Å². The SMILES string of the molecule is C1=CC=CC(C2=CCC(C3CN=CN3)CC2)N=1. The van der Waals surface area contributed by atoms with Gasteiger partial charge in [-0.2, -0.15) is 0 Å². The largest absolute Gasteiger partial charge is 0.372 e. The van der Waals surface area contributed by atoms with Crippen LogP contribution < -0.4 is 5.32 Å². The van der Waals surface area contributed by atoms with Gasteiger partial charge in [-0.05, 0) is 42.7 Å². The molecular weight excluding hydrogens is 210 g/mol. The van der Waals surface area contributed by atoms with Gasteiger partial charge in [0.2, 0.25) is 0 Å². The lowest BCUT2D eigenvalue weighted by atomic mass is 9.82. The quantitative estimate of drug-likeness (QED) is 0.718. The molecule has 3 nitrogen and oxygen atoms in total. The predicted molar refractivity (Wildman–Crippen MR) is 70.6 cm³/mol. The molecular formula is C14H17N3. The number of rotatable bonds is 2. The molecule has 3 aliphatic rings. The van der Waals surface area contributed by atoms with Crippen molar-refractivity contribution in [1.29, 1.82) is 0 Å². The number of hydrogen-bond donors (Lipinski definition) is 1. The maximum atomic E-state index is 4.37. The van der Waals surface area contributed by atoms with Crippen molar-refractivity contribution in [1.82, 2.24) is 5.32 Å². The van der Waals surface area contributed by atoms with Crippen LogP contribution in [0.25, 0.3) is 0 Å². The Labute approximate surface area is 102 Å². The van der Waals surface area contributed by atoms with Crippen LogP contribution in [0, 0.1) is 5.92 Å². The minimum Gasteiger partial charge on any atom is -0.372 e. The van der Waals surface area contributed by atoms with E-state index in [-0.39, 0.29) is 6.04 Å². The van der Waals surface area contributed by atoms with E-state index in [9.17, 15) is 0 Å². The number of aliphatic imine (C=N–C) groups is 2. The Bertz CT molecular complexity index is 430. The molecule has 3 rings (SSSR count). The normalized spacial score (nSPS) is 34.8. The fourth-order valence-corrected chi connectivity index (χ4v) is 2.74. The maximum absolute atomic E-state index is 4.37. The average molecular weight is 227 g/mol. The molecule has 0 radical (unpaired) electrons. The number of hydrogen-bond acceptors (Lipinski definition) is 3. The van der Waals surface area contributed by atoms with E-state index in [1.807, 2.05) is 18.5 Å². The molecule has 2 heterocycles. The summed E-state index contributed by atoms with van der Waals surface area (Å²) in [7, 11) is 0. The molecule has 3 unspecified atom stereocenters. The molecule has 3 atom stereocenters. The molecule has 0 bridgehead atoms. The number of allylic oxidation sites excluding steroid dienone is 3. The van der Waals surface area contributed by atoms with Gasteiger partial charge < -0.3 is 5.32 Å². The molecule has 0 aromatic rings. The summed E-state index contributed by atoms with van der Waals surface area (Å²) in [5, 5.41) is 3.34. The summed E-state index contributed by atoms with van der Waals surface area (Å²) in [5.74, 6) is 3.67. The van der Waals surface area contributed by atoms with Crippen molar-refractivity contribution in [3.05, 3.63) is 29.9 Å². The van der Waals surface area contributed by atoms with Gasteiger partial charge in [-0.25, -0.2) is 4.99 Å². The van der Waals surface area contributed by atoms with E-state index >= 15 is 0 Å². The Morgan fingerprint density at radius 1 is 1.41 bits per heavy atom. The van der Waals surface area contributed by atoms with Crippen LogP contribution >= 0.6 is 0 Å². The lowest BCUT2D eigenvalue weighted by molar-refractivity contribution is 0.374. The van der Waals surface area contributed by atoms with Gasteiger partial charge in [0.25, 0.3) is 0 Å². The second-order valence-electron chi connectivity index (χ2n) is 4.84. The summed E-state index contributed by atoms with van der Waals surface area (Å²) in [6, 6.07) is 0.798. The van der Waals surface area contributed by atoms with Crippen molar-refractivity contribution in [3.8, 4) is 0 Å². The first-order valence-electron chi connectivity index (χ1n) is 6.32. The fraction of sp³-hybridized carbons (Fsp3) is 0.500. The predicted octanol–water partition coefficient (Wildman–Crippen LogP) is 1.88. The van der Waals surface area contributed by atoms with Crippen LogP contribution in [0.3, 0.4) is 0 Å². The van der Waals surface area contributed by atoms with Crippen LogP contribution in [-0.2, 0) is 0 Å². The maximum Gasteiger partial charge on any atom is 0.0987 e. The first-order valence-corrected chi connectivity index (χ1v) is 6.32. The van der Waals surface area contributed by atoms with Gasteiger partial charge >= 0.3 is 0 Å². The van der Waals surface area contributed by atoms with Crippen molar-refractivity contribution >= 4 is 12.2 Å². The molecule has 0 saturated carbocycles. The summed E-state index contributed by atoms with van der Waals surface area (Å²) >= 11 is 0. The van der Waals surface area contributed by atoms with Crippen molar-refractivity contribution in [2.45, 2.75) is 31.3 Å². The van der Waals surface area contributed by atoms with Gasteiger partial charge in [0.1, 0.15) is 0 Å². The lowest BCUT2D eigenvalue weighted by Crippen LogP contribution is -2.34. The number of nitrogens with zero attached hydrogens (tertiary/aromatic N) is 2. The van der Waals surface area contributed by atoms with Crippen LogP contribution in [-0.4, -0.2) is 30.8 Å². The van der Waals surface area contributed by atoms with Crippen LogP contribution in [0.4, 0.5) is 0 Å². The fourth-order valence-electron chi connectivity index (χ4n) is 2.74. The third kappa shape index (κ3) is 2.25. The van der Waals surface area contributed by atoms with Crippen molar-refractivity contribution in [2.24, 2.45) is 15.9 Å². The molecule has 0 spiro atoms. The summed E-state index contributed by atoms with van der Waals surface area (Å²) in [5.41, 5.74) is 1.46. The number of nitrogens with one attached hydrogen (secondary N) is 1. The van der Waals surface area contributed by atoms with Crippen molar-refractivity contribution in [2.75, 3.05) is 6.54 Å². The van der Waals surface area contributed by atoms with Crippen molar-refractivity contribution < 1.29 is 0 Å². The zero-order chi connectivity index (χ0) is 11.5. The summed E-state index contributed by atoms with van der Waals surface area (Å²) < 4.78 is 0. The molecule has 0 aromatic heterocycles. The molecule has 88 valence electrons. The van der Waals surface area contributed by atoms with E-state index in [2.05, 4.69) is 33.3 Å². The molecule has 1 aliphatic carbocycles. The summed E-state index contributed by atoms with van der Waals surface area (Å²) in [4.78, 5) is 8.62. The van der Waals surface area contributed by atoms with Gasteiger partial charge in [0, 0.05) is 6.04 Å². The van der Waals surface area contributed by atoms with Crippen molar-refractivity contribution in [3.63, 3.8) is 0 Å². The molecule has 2 aliphatic heterocycles. The van der Waals surface area contributed by atoms with Crippen LogP contribution in [0.5, 0.6) is 0 Å². The van der Waals surface area contributed by atoms with Crippen LogP contribution in [0.15, 0.2) is 39.9 Å². The van der Waals surface area contributed by atoms with Gasteiger partial charge in [0.05, 0.1) is 18.9 Å². The standard InChI is InChI=1S/C14H17N3/c1-2-8-16-13(3-1)11-4-6-12(7-5-11)14-9-15-10-17-14/h1-4,10,12-14H,5-7,9H2,(H,15,17). The monoisotopic (exact) mass is 227 g/mol. The highest BCUT2D eigenvalue weighted by Crippen LogP contribution is 2.30. The molecule has 17 heavy (non-hydrogen) atoms. The van der Waals surface area contributed by atoms with E-state index in [0.29, 0.717) is 6.04 Å². The van der Waals surface area contributed by atoms with E-state index < -0.39 is 0 Å². The third-order valence-corrected chi connectivity index (χ3v) is 3.80. The lowest BCUT2D eigenvalue weighted by Gasteiger charge is -2.28. The zero-order valence-corrected chi connectivity index (χ0v) is 9.84. The van der Waals surface area contributed by atoms with Crippen LogP contribution in [0.1, 0.15) is 19.3 Å². The van der Waals surface area contributed by atoms with E-state index in [1.54, 1.807) is 0 Å². The van der Waals surface area contributed by atoms with Crippen LogP contribution in [0.2, 0.25) is 0 Å². The third-order valence-electron chi connectivity index (χ3n) is 3.80. The molecule has 1 N–H and O–H groups in total. The highest BCUT2D eigenvalue weighted by atomic mass is 15.1. The highest BCUT2D eigenvalue weighted by molar-refractivity contribution is 5.58. The van der Waals surface area contributed by atoms with E-state index in [4.69, 9.17) is 0 Å². The molecule has 0 saturated heterocycles. The van der Waals surface area contributed by atoms with Gasteiger partial charge in [-0.3, -0.25) is 4.99 Å². The smallest absolute Gasteiger partial charge is 0.0987 e. The minimum absolute atomic E-state index is 0.244. The zero-order valence-electron chi connectivity index (χ0n) is 9.84. The second kappa shape index (κ2) is 4.72. The minimum atomic E-state index is 0.244. The average Bonchev–Trinajstić information content (AvgIpc) is 2.94. The summed E-state index contributed by atoms with van der Waals surface area (Å²) in [6.07, 6.45) is 13.8. The molecule has 0 fully saturated rings. The Balaban J connectivity index is 1.63.